The molecule has 3 aromatic rings. The number of benzene rings is 3. The molecule has 0 unspecified atom stereocenters. The van der Waals surface area contributed by atoms with Crippen molar-refractivity contribution in [2.75, 3.05) is 4.90 Å². The highest BCUT2D eigenvalue weighted by Gasteiger charge is 2.29. The summed E-state index contributed by atoms with van der Waals surface area (Å²) in [5.41, 5.74) is 5.53. The van der Waals surface area contributed by atoms with Crippen molar-refractivity contribution in [3.05, 3.63) is 88.5 Å². The van der Waals surface area contributed by atoms with E-state index < -0.39 is 0 Å². The van der Waals surface area contributed by atoms with Crippen LogP contribution in [0.25, 0.3) is 0 Å². The van der Waals surface area contributed by atoms with Crippen LogP contribution in [0.1, 0.15) is 75.9 Å². The van der Waals surface area contributed by atoms with Crippen molar-refractivity contribution in [1.82, 2.24) is 5.32 Å². The highest BCUT2D eigenvalue weighted by Crippen LogP contribution is 2.42. The van der Waals surface area contributed by atoms with Gasteiger partial charge < -0.3 is 10.2 Å². The Balaban J connectivity index is 1.52. The minimum Gasteiger partial charge on any atom is -0.349 e. The maximum absolute atomic E-state index is 13.8. The molecule has 1 fully saturated rings. The number of amides is 2. The normalized spacial score (nSPS) is 16.2. The Kier molecular flexibility index (Phi) is 6.96. The molecule has 1 aliphatic heterocycles. The van der Waals surface area contributed by atoms with Crippen LogP contribution in [0.4, 0.5) is 5.69 Å². The summed E-state index contributed by atoms with van der Waals surface area (Å²) in [6.07, 6.45) is 6.92. The number of anilines is 1. The lowest BCUT2D eigenvalue weighted by atomic mass is 10.0. The number of rotatable bonds is 4. The Morgan fingerprint density at radius 1 is 0.943 bits per heavy atom. The minimum atomic E-state index is -0.0504. The van der Waals surface area contributed by atoms with Gasteiger partial charge in [-0.3, -0.25) is 9.59 Å². The molecule has 1 saturated carbocycles. The van der Waals surface area contributed by atoms with Crippen molar-refractivity contribution >= 4 is 29.3 Å². The molecule has 0 spiro atoms. The van der Waals surface area contributed by atoms with E-state index in [-0.39, 0.29) is 17.9 Å². The van der Waals surface area contributed by atoms with Gasteiger partial charge in [-0.15, -0.1) is 0 Å². The van der Waals surface area contributed by atoms with Gasteiger partial charge in [0.15, 0.2) is 0 Å². The van der Waals surface area contributed by atoms with Crippen LogP contribution in [0, 0.1) is 13.8 Å². The fourth-order valence-electron chi connectivity index (χ4n) is 5.05. The number of fused-ring (bicyclic) bond motifs is 2. The number of hydrogen-bond acceptors (Lipinski definition) is 3. The average Bonchev–Trinajstić information content (AvgIpc) is 3.18. The first-order valence-corrected chi connectivity index (χ1v) is 13.4. The van der Waals surface area contributed by atoms with Gasteiger partial charge in [0, 0.05) is 21.4 Å². The van der Waals surface area contributed by atoms with Gasteiger partial charge in [-0.2, -0.15) is 0 Å². The van der Waals surface area contributed by atoms with E-state index in [1.54, 1.807) is 11.8 Å². The van der Waals surface area contributed by atoms with Crippen LogP contribution in [0.5, 0.6) is 0 Å². The summed E-state index contributed by atoms with van der Waals surface area (Å²) in [4.78, 5) is 30.9. The zero-order chi connectivity index (χ0) is 24.4. The van der Waals surface area contributed by atoms with Crippen LogP contribution < -0.4 is 10.2 Å². The van der Waals surface area contributed by atoms with E-state index in [1.807, 2.05) is 47.4 Å². The summed E-state index contributed by atoms with van der Waals surface area (Å²) >= 11 is 1.59. The molecule has 3 aromatic carbocycles. The fraction of sp³-hybridized carbons (Fsp3) is 0.333. The summed E-state index contributed by atoms with van der Waals surface area (Å²) in [5, 5.41) is 3.26. The van der Waals surface area contributed by atoms with Gasteiger partial charge in [-0.1, -0.05) is 73.3 Å². The van der Waals surface area contributed by atoms with Crippen LogP contribution in [0.15, 0.2) is 70.5 Å². The fourth-order valence-corrected chi connectivity index (χ4v) is 6.11. The maximum atomic E-state index is 13.8. The van der Waals surface area contributed by atoms with Gasteiger partial charge in [0.1, 0.15) is 0 Å². The summed E-state index contributed by atoms with van der Waals surface area (Å²) < 4.78 is 0. The van der Waals surface area contributed by atoms with E-state index in [0.717, 1.165) is 39.4 Å². The van der Waals surface area contributed by atoms with E-state index >= 15 is 0 Å². The molecule has 0 saturated heterocycles. The predicted molar refractivity (Wildman–Crippen MR) is 142 cm³/mol. The molecule has 0 atom stereocenters. The average molecular weight is 485 g/mol. The highest BCUT2D eigenvalue weighted by molar-refractivity contribution is 7.99. The first kappa shape index (κ1) is 23.7. The van der Waals surface area contributed by atoms with Crippen LogP contribution >= 0.6 is 11.8 Å². The lowest BCUT2D eigenvalue weighted by molar-refractivity contribution is 0.0931. The third-order valence-corrected chi connectivity index (χ3v) is 8.26. The van der Waals surface area contributed by atoms with Gasteiger partial charge in [0.2, 0.25) is 0 Å². The Hall–Kier alpha value is -3.05. The second-order valence-corrected chi connectivity index (χ2v) is 10.8. The Morgan fingerprint density at radius 2 is 1.71 bits per heavy atom. The molecule has 1 N–H and O–H groups in total. The molecule has 180 valence electrons. The molecule has 35 heavy (non-hydrogen) atoms. The Morgan fingerprint density at radius 3 is 2.51 bits per heavy atom. The van der Waals surface area contributed by atoms with Crippen molar-refractivity contribution in [2.45, 2.75) is 74.7 Å². The summed E-state index contributed by atoms with van der Waals surface area (Å²) in [7, 11) is 0. The summed E-state index contributed by atoms with van der Waals surface area (Å²) in [6.45, 7) is 4.61. The van der Waals surface area contributed by atoms with Crippen molar-refractivity contribution in [3.8, 4) is 0 Å². The first-order valence-electron chi connectivity index (χ1n) is 12.6. The summed E-state index contributed by atoms with van der Waals surface area (Å²) in [5.74, 6) is -0.0836. The predicted octanol–water partition coefficient (Wildman–Crippen LogP) is 7.07. The lowest BCUT2D eigenvalue weighted by Crippen LogP contribution is -2.35. The second kappa shape index (κ2) is 10.3. The van der Waals surface area contributed by atoms with Gasteiger partial charge >= 0.3 is 0 Å². The molecule has 0 bridgehead atoms. The number of carbonyl (C=O) groups is 2. The topological polar surface area (TPSA) is 49.4 Å². The van der Waals surface area contributed by atoms with Crippen molar-refractivity contribution < 1.29 is 9.59 Å². The number of carbonyl (C=O) groups excluding carboxylic acids is 2. The van der Waals surface area contributed by atoms with Crippen molar-refractivity contribution in [1.29, 1.82) is 0 Å². The number of nitrogens with one attached hydrogen (secondary N) is 1. The third-order valence-electron chi connectivity index (χ3n) is 7.12. The summed E-state index contributed by atoms with van der Waals surface area (Å²) in [6, 6.07) is 20.1. The second-order valence-electron chi connectivity index (χ2n) is 9.76. The zero-order valence-electron chi connectivity index (χ0n) is 20.5. The third kappa shape index (κ3) is 5.15. The molecule has 2 amide bonds. The monoisotopic (exact) mass is 484 g/mol. The number of aryl methyl sites for hydroxylation is 2. The lowest BCUT2D eigenvalue weighted by Gasteiger charge is -2.25. The largest absolute Gasteiger partial charge is 0.349 e. The molecule has 2 aliphatic rings. The van der Waals surface area contributed by atoms with Crippen molar-refractivity contribution in [3.63, 3.8) is 0 Å². The Labute approximate surface area is 212 Å². The van der Waals surface area contributed by atoms with E-state index in [0.29, 0.717) is 17.7 Å². The molecular formula is C30H32N2O2S. The highest BCUT2D eigenvalue weighted by atomic mass is 32.2. The molecular weight excluding hydrogens is 452 g/mol. The van der Waals surface area contributed by atoms with Crippen LogP contribution in [0.2, 0.25) is 0 Å². The van der Waals surface area contributed by atoms with Gasteiger partial charge in [-0.05, 0) is 68.1 Å². The van der Waals surface area contributed by atoms with Crippen LogP contribution in [0.3, 0.4) is 0 Å². The quantitative estimate of drug-likeness (QED) is 0.403. The zero-order valence-corrected chi connectivity index (χ0v) is 21.3. The van der Waals surface area contributed by atoms with Gasteiger partial charge in [0.05, 0.1) is 17.8 Å². The van der Waals surface area contributed by atoms with E-state index in [9.17, 15) is 9.59 Å². The molecule has 5 rings (SSSR count). The van der Waals surface area contributed by atoms with E-state index in [2.05, 4.69) is 37.4 Å². The number of hydrogen-bond donors (Lipinski definition) is 1. The molecule has 4 nitrogen and oxygen atoms in total. The minimum absolute atomic E-state index is 0.0333. The molecule has 1 heterocycles. The van der Waals surface area contributed by atoms with E-state index in [1.165, 1.54) is 31.2 Å². The SMILES string of the molecule is Cc1ccc(C)c(CN2C(=O)c3ccccc3Sc3ccc(C(=O)NC4CCCCCC4)cc32)c1. The van der Waals surface area contributed by atoms with Gasteiger partial charge in [0.25, 0.3) is 11.8 Å². The first-order chi connectivity index (χ1) is 17.0. The molecule has 0 radical (unpaired) electrons. The van der Waals surface area contributed by atoms with E-state index in [4.69, 9.17) is 0 Å². The molecule has 0 aromatic heterocycles. The molecule has 5 heteroatoms. The smallest absolute Gasteiger partial charge is 0.259 e. The van der Waals surface area contributed by atoms with Gasteiger partial charge in [-0.25, -0.2) is 0 Å². The number of nitrogens with zero attached hydrogens (tertiary/aromatic N) is 1. The molecule has 1 aliphatic carbocycles. The van der Waals surface area contributed by atoms with Crippen molar-refractivity contribution in [2.24, 2.45) is 0 Å². The Bertz CT molecular complexity index is 1260. The standard InChI is InChI=1S/C30H32N2O2S/c1-20-13-14-21(2)23(17-20)19-32-26-18-22(29(33)31-24-9-5-3-4-6-10-24)15-16-28(26)35-27-12-8-7-11-25(27)30(32)34/h7-8,11-18,24H,3-6,9-10,19H2,1-2H3,(H,31,33). The van der Waals surface area contributed by atoms with Crippen LogP contribution in [-0.4, -0.2) is 17.9 Å². The maximum Gasteiger partial charge on any atom is 0.259 e. The van der Waals surface area contributed by atoms with Crippen LogP contribution in [-0.2, 0) is 6.54 Å².